The van der Waals surface area contributed by atoms with Crippen LogP contribution in [0.1, 0.15) is 15.2 Å². The molecule has 0 aliphatic carbocycles. The van der Waals surface area contributed by atoms with Gasteiger partial charge in [0.15, 0.2) is 11.5 Å². The third kappa shape index (κ3) is 3.57. The molecule has 120 valence electrons. The second kappa shape index (κ2) is 7.06. The average molecular weight is 333 g/mol. The first-order chi connectivity index (χ1) is 11.0. The van der Waals surface area contributed by atoms with E-state index in [1.165, 1.54) is 7.11 Å². The SMILES string of the molecule is C=Nc1cccc(-c2sc(C(=O)O)c(OCC(=O)OC)c2C)c1. The topological polar surface area (TPSA) is 85.2 Å². The number of hydrogen-bond donors (Lipinski definition) is 1. The Morgan fingerprint density at radius 3 is 2.74 bits per heavy atom. The molecule has 0 fully saturated rings. The third-order valence-electron chi connectivity index (χ3n) is 3.14. The first-order valence-electron chi connectivity index (χ1n) is 6.61. The lowest BCUT2D eigenvalue weighted by molar-refractivity contribution is -0.142. The summed E-state index contributed by atoms with van der Waals surface area (Å²) in [7, 11) is 1.24. The molecule has 2 aromatic rings. The van der Waals surface area contributed by atoms with Crippen LogP contribution in [-0.4, -0.2) is 37.5 Å². The van der Waals surface area contributed by atoms with Crippen LogP contribution in [0.15, 0.2) is 29.3 Å². The Morgan fingerprint density at radius 1 is 1.39 bits per heavy atom. The molecule has 1 N–H and O–H groups in total. The number of esters is 1. The minimum atomic E-state index is -1.11. The van der Waals surface area contributed by atoms with E-state index in [2.05, 4.69) is 16.4 Å². The molecule has 0 saturated heterocycles. The van der Waals surface area contributed by atoms with Crippen LogP contribution in [0.5, 0.6) is 5.75 Å². The minimum Gasteiger partial charge on any atom is -0.480 e. The second-order valence-corrected chi connectivity index (χ2v) is 5.61. The Balaban J connectivity index is 2.47. The normalized spacial score (nSPS) is 10.2. The zero-order valence-electron chi connectivity index (χ0n) is 12.7. The molecule has 1 aromatic carbocycles. The second-order valence-electron chi connectivity index (χ2n) is 4.59. The molecule has 0 atom stereocenters. The van der Waals surface area contributed by atoms with Crippen molar-refractivity contribution in [2.75, 3.05) is 13.7 Å². The summed E-state index contributed by atoms with van der Waals surface area (Å²) in [6.07, 6.45) is 0. The van der Waals surface area contributed by atoms with Gasteiger partial charge in [-0.3, -0.25) is 4.99 Å². The highest BCUT2D eigenvalue weighted by Gasteiger charge is 2.23. The number of carboxylic acids is 1. The maximum atomic E-state index is 11.4. The van der Waals surface area contributed by atoms with E-state index >= 15 is 0 Å². The largest absolute Gasteiger partial charge is 0.480 e. The Bertz CT molecular complexity index is 766. The van der Waals surface area contributed by atoms with Gasteiger partial charge in [0.1, 0.15) is 5.75 Å². The highest BCUT2D eigenvalue weighted by molar-refractivity contribution is 7.18. The van der Waals surface area contributed by atoms with Gasteiger partial charge in [0, 0.05) is 10.4 Å². The van der Waals surface area contributed by atoms with E-state index in [1.807, 2.05) is 18.2 Å². The summed E-state index contributed by atoms with van der Waals surface area (Å²) >= 11 is 1.09. The molecular formula is C16H15NO5S. The van der Waals surface area contributed by atoms with Crippen molar-refractivity contribution in [2.45, 2.75) is 6.92 Å². The van der Waals surface area contributed by atoms with Crippen LogP contribution in [0.4, 0.5) is 5.69 Å². The number of carbonyl (C=O) groups is 2. The molecular weight excluding hydrogens is 318 g/mol. The van der Waals surface area contributed by atoms with Gasteiger partial charge >= 0.3 is 11.9 Å². The van der Waals surface area contributed by atoms with E-state index < -0.39 is 11.9 Å². The van der Waals surface area contributed by atoms with Crippen molar-refractivity contribution in [2.24, 2.45) is 4.99 Å². The van der Waals surface area contributed by atoms with E-state index in [0.717, 1.165) is 21.8 Å². The van der Waals surface area contributed by atoms with Gasteiger partial charge in [-0.05, 0) is 31.3 Å². The number of aromatic carboxylic acids is 1. The Kier molecular flexibility index (Phi) is 5.13. The van der Waals surface area contributed by atoms with Gasteiger partial charge in [-0.15, -0.1) is 11.3 Å². The molecule has 23 heavy (non-hydrogen) atoms. The molecule has 0 aliphatic heterocycles. The molecule has 0 saturated carbocycles. The Labute approximate surface area is 137 Å². The third-order valence-corrected chi connectivity index (χ3v) is 4.45. The number of rotatable bonds is 6. The van der Waals surface area contributed by atoms with Gasteiger partial charge in [-0.1, -0.05) is 12.1 Å². The molecule has 7 heteroatoms. The van der Waals surface area contributed by atoms with Crippen molar-refractivity contribution in [3.05, 3.63) is 34.7 Å². The van der Waals surface area contributed by atoms with Gasteiger partial charge < -0.3 is 14.6 Å². The summed E-state index contributed by atoms with van der Waals surface area (Å²) in [5, 5.41) is 9.36. The molecule has 2 rings (SSSR count). The quantitative estimate of drug-likeness (QED) is 0.647. The van der Waals surface area contributed by atoms with E-state index in [4.69, 9.17) is 4.74 Å². The van der Waals surface area contributed by atoms with Crippen LogP contribution in [0, 0.1) is 6.92 Å². The van der Waals surface area contributed by atoms with E-state index in [0.29, 0.717) is 11.3 Å². The van der Waals surface area contributed by atoms with Gasteiger partial charge in [0.25, 0.3) is 0 Å². The molecule has 0 bridgehead atoms. The molecule has 0 spiro atoms. The van der Waals surface area contributed by atoms with Crippen LogP contribution < -0.4 is 4.74 Å². The number of carboxylic acid groups (broad SMARTS) is 1. The van der Waals surface area contributed by atoms with Crippen molar-refractivity contribution in [3.63, 3.8) is 0 Å². The van der Waals surface area contributed by atoms with Crippen molar-refractivity contribution in [1.29, 1.82) is 0 Å². The number of methoxy groups -OCH3 is 1. The fraction of sp³-hybridized carbons (Fsp3) is 0.188. The molecule has 0 aliphatic rings. The zero-order chi connectivity index (χ0) is 17.0. The number of thiophene rings is 1. The monoisotopic (exact) mass is 333 g/mol. The summed E-state index contributed by atoms with van der Waals surface area (Å²) in [4.78, 5) is 27.3. The molecule has 1 aromatic heterocycles. The van der Waals surface area contributed by atoms with Crippen LogP contribution in [-0.2, 0) is 9.53 Å². The van der Waals surface area contributed by atoms with Crippen LogP contribution in [0.25, 0.3) is 10.4 Å². The first-order valence-corrected chi connectivity index (χ1v) is 7.43. The maximum absolute atomic E-state index is 11.4. The van der Waals surface area contributed by atoms with E-state index in [1.54, 1.807) is 13.0 Å². The zero-order valence-corrected chi connectivity index (χ0v) is 13.5. The summed E-state index contributed by atoms with van der Waals surface area (Å²) in [6.45, 7) is 4.88. The molecule has 0 radical (unpaired) electrons. The van der Waals surface area contributed by atoms with Crippen molar-refractivity contribution in [1.82, 2.24) is 0 Å². The fourth-order valence-corrected chi connectivity index (χ4v) is 3.11. The highest BCUT2D eigenvalue weighted by atomic mass is 32.1. The predicted octanol–water partition coefficient (Wildman–Crippen LogP) is 3.31. The molecule has 0 amide bonds. The standard InChI is InChI=1S/C16H15NO5S/c1-9-13(22-8-12(18)21-3)15(16(19)20)23-14(9)10-5-4-6-11(7-10)17-2/h4-7H,2,8H2,1,3H3,(H,19,20). The predicted molar refractivity (Wildman–Crippen MR) is 88.2 cm³/mol. The van der Waals surface area contributed by atoms with Gasteiger partial charge in [0.2, 0.25) is 0 Å². The summed E-state index contributed by atoms with van der Waals surface area (Å²) in [5.74, 6) is -1.51. The Morgan fingerprint density at radius 2 is 2.13 bits per heavy atom. The number of carbonyl (C=O) groups excluding carboxylic acids is 1. The minimum absolute atomic E-state index is 0.0402. The number of hydrogen-bond acceptors (Lipinski definition) is 6. The lowest BCUT2D eigenvalue weighted by Crippen LogP contribution is -2.13. The van der Waals surface area contributed by atoms with Gasteiger partial charge in [-0.25, -0.2) is 9.59 Å². The maximum Gasteiger partial charge on any atom is 0.349 e. The number of ether oxygens (including phenoxy) is 2. The van der Waals surface area contributed by atoms with Crippen LogP contribution >= 0.6 is 11.3 Å². The van der Waals surface area contributed by atoms with Crippen molar-refractivity contribution < 1.29 is 24.2 Å². The van der Waals surface area contributed by atoms with Gasteiger partial charge in [-0.2, -0.15) is 0 Å². The lowest BCUT2D eigenvalue weighted by Gasteiger charge is -2.06. The summed E-state index contributed by atoms with van der Waals surface area (Å²) in [5.41, 5.74) is 2.15. The summed E-state index contributed by atoms with van der Waals surface area (Å²) < 4.78 is 9.87. The number of benzene rings is 1. The average Bonchev–Trinajstić information content (AvgIpc) is 2.89. The van der Waals surface area contributed by atoms with Gasteiger partial charge in [0.05, 0.1) is 12.8 Å². The molecule has 6 nitrogen and oxygen atoms in total. The highest BCUT2D eigenvalue weighted by Crippen LogP contribution is 2.42. The Hall–Kier alpha value is -2.67. The van der Waals surface area contributed by atoms with E-state index in [-0.39, 0.29) is 17.2 Å². The molecule has 1 heterocycles. The number of nitrogens with zero attached hydrogens (tertiary/aromatic N) is 1. The smallest absolute Gasteiger partial charge is 0.349 e. The number of aliphatic imine (C=N–C) groups is 1. The van der Waals surface area contributed by atoms with Crippen LogP contribution in [0.2, 0.25) is 0 Å². The first kappa shape index (κ1) is 16.7. The van der Waals surface area contributed by atoms with Crippen molar-refractivity contribution in [3.8, 4) is 16.2 Å². The summed E-state index contributed by atoms with van der Waals surface area (Å²) in [6, 6.07) is 7.27. The van der Waals surface area contributed by atoms with E-state index in [9.17, 15) is 14.7 Å². The molecule has 0 unspecified atom stereocenters. The van der Waals surface area contributed by atoms with Crippen molar-refractivity contribution >= 4 is 35.7 Å². The fourth-order valence-electron chi connectivity index (χ4n) is 2.02. The van der Waals surface area contributed by atoms with Crippen LogP contribution in [0.3, 0.4) is 0 Å². The lowest BCUT2D eigenvalue weighted by atomic mass is 10.1.